The van der Waals surface area contributed by atoms with Crippen molar-refractivity contribution in [1.82, 2.24) is 4.98 Å². The second kappa shape index (κ2) is 4.40. The standard InChI is InChI=1S/C10H13N3/c1-3-10(13-8(2)11)9-4-6-12-7-5-9/h3-7H,1-2H3,(H2,11,13)/b10-3-. The summed E-state index contributed by atoms with van der Waals surface area (Å²) < 4.78 is 0. The lowest BCUT2D eigenvalue weighted by Gasteiger charge is -2.00. The van der Waals surface area contributed by atoms with Gasteiger partial charge < -0.3 is 5.73 Å². The molecule has 0 aromatic carbocycles. The Balaban J connectivity index is 3.00. The van der Waals surface area contributed by atoms with Gasteiger partial charge in [0.25, 0.3) is 0 Å². The maximum Gasteiger partial charge on any atom is 0.0965 e. The van der Waals surface area contributed by atoms with Crippen LogP contribution in [0.1, 0.15) is 19.4 Å². The summed E-state index contributed by atoms with van der Waals surface area (Å²) in [6.07, 6.45) is 5.39. The van der Waals surface area contributed by atoms with E-state index in [-0.39, 0.29) is 0 Å². The third-order valence-corrected chi connectivity index (χ3v) is 1.55. The first-order valence-electron chi connectivity index (χ1n) is 4.11. The molecule has 13 heavy (non-hydrogen) atoms. The van der Waals surface area contributed by atoms with E-state index in [2.05, 4.69) is 9.98 Å². The van der Waals surface area contributed by atoms with Gasteiger partial charge in [0.05, 0.1) is 11.5 Å². The topological polar surface area (TPSA) is 51.3 Å². The summed E-state index contributed by atoms with van der Waals surface area (Å²) in [6, 6.07) is 3.81. The lowest BCUT2D eigenvalue weighted by molar-refractivity contribution is 1.30. The van der Waals surface area contributed by atoms with Crippen molar-refractivity contribution in [3.63, 3.8) is 0 Å². The molecule has 0 aliphatic carbocycles. The first-order valence-corrected chi connectivity index (χ1v) is 4.11. The number of hydrogen-bond donors (Lipinski definition) is 1. The predicted octanol–water partition coefficient (Wildman–Crippen LogP) is 1.82. The van der Waals surface area contributed by atoms with Crippen molar-refractivity contribution in [2.45, 2.75) is 13.8 Å². The molecule has 68 valence electrons. The Labute approximate surface area is 78.0 Å². The average Bonchev–Trinajstić information content (AvgIpc) is 2.15. The molecule has 0 aliphatic rings. The minimum absolute atomic E-state index is 0.560. The van der Waals surface area contributed by atoms with Gasteiger partial charge in [-0.2, -0.15) is 0 Å². The van der Waals surface area contributed by atoms with Crippen molar-refractivity contribution in [2.24, 2.45) is 10.7 Å². The molecule has 0 fully saturated rings. The summed E-state index contributed by atoms with van der Waals surface area (Å²) >= 11 is 0. The molecule has 1 heterocycles. The highest BCUT2D eigenvalue weighted by atomic mass is 14.9. The molecule has 0 aliphatic heterocycles. The number of allylic oxidation sites excluding steroid dienone is 1. The summed E-state index contributed by atoms with van der Waals surface area (Å²) in [5, 5.41) is 0. The Hall–Kier alpha value is -1.64. The molecule has 0 amide bonds. The van der Waals surface area contributed by atoms with Gasteiger partial charge in [-0.25, -0.2) is 4.99 Å². The molecule has 0 spiro atoms. The molecule has 3 heteroatoms. The molecule has 0 unspecified atom stereocenters. The number of nitrogens with zero attached hydrogens (tertiary/aromatic N) is 2. The molecule has 1 aromatic rings. The van der Waals surface area contributed by atoms with E-state index in [4.69, 9.17) is 5.73 Å². The molecule has 2 N–H and O–H groups in total. The molecular formula is C10H13N3. The summed E-state index contributed by atoms with van der Waals surface area (Å²) in [6.45, 7) is 3.70. The lowest BCUT2D eigenvalue weighted by atomic mass is 10.2. The Kier molecular flexibility index (Phi) is 3.20. The van der Waals surface area contributed by atoms with E-state index < -0.39 is 0 Å². The van der Waals surface area contributed by atoms with Gasteiger partial charge >= 0.3 is 0 Å². The van der Waals surface area contributed by atoms with Crippen LogP contribution in [-0.4, -0.2) is 10.8 Å². The van der Waals surface area contributed by atoms with Gasteiger partial charge in [-0.3, -0.25) is 4.98 Å². The Bertz CT molecular complexity index is 321. The van der Waals surface area contributed by atoms with Crippen LogP contribution in [0.15, 0.2) is 35.6 Å². The number of nitrogens with two attached hydrogens (primary N) is 1. The fourth-order valence-corrected chi connectivity index (χ4v) is 1.01. The predicted molar refractivity (Wildman–Crippen MR) is 55.2 cm³/mol. The van der Waals surface area contributed by atoms with Crippen molar-refractivity contribution in [1.29, 1.82) is 0 Å². The number of amidine groups is 1. The zero-order valence-corrected chi connectivity index (χ0v) is 7.86. The van der Waals surface area contributed by atoms with Crippen LogP contribution in [0.5, 0.6) is 0 Å². The Morgan fingerprint density at radius 1 is 1.46 bits per heavy atom. The molecule has 0 saturated heterocycles. The lowest BCUT2D eigenvalue weighted by Crippen LogP contribution is -2.05. The first-order chi connectivity index (χ1) is 6.24. The molecule has 0 atom stereocenters. The van der Waals surface area contributed by atoms with Gasteiger partial charge in [0, 0.05) is 18.0 Å². The van der Waals surface area contributed by atoms with Crippen molar-refractivity contribution in [3.05, 3.63) is 36.2 Å². The first kappa shape index (κ1) is 9.45. The average molecular weight is 175 g/mol. The van der Waals surface area contributed by atoms with Gasteiger partial charge in [0.2, 0.25) is 0 Å². The van der Waals surface area contributed by atoms with Crippen molar-refractivity contribution in [3.8, 4) is 0 Å². The fraction of sp³-hybridized carbons (Fsp3) is 0.200. The summed E-state index contributed by atoms with van der Waals surface area (Å²) in [7, 11) is 0. The summed E-state index contributed by atoms with van der Waals surface area (Å²) in [4.78, 5) is 8.13. The normalized spacial score (nSPS) is 13.1. The highest BCUT2D eigenvalue weighted by Crippen LogP contribution is 2.13. The maximum atomic E-state index is 5.50. The zero-order chi connectivity index (χ0) is 9.68. The maximum absolute atomic E-state index is 5.50. The molecule has 0 bridgehead atoms. The van der Waals surface area contributed by atoms with Gasteiger partial charge in [-0.05, 0) is 26.0 Å². The van der Waals surface area contributed by atoms with Crippen molar-refractivity contribution in [2.75, 3.05) is 0 Å². The van der Waals surface area contributed by atoms with Gasteiger partial charge in [0.1, 0.15) is 0 Å². The van der Waals surface area contributed by atoms with Crippen LogP contribution in [0.2, 0.25) is 0 Å². The molecular weight excluding hydrogens is 162 g/mol. The van der Waals surface area contributed by atoms with E-state index in [1.165, 1.54) is 0 Å². The van der Waals surface area contributed by atoms with E-state index in [9.17, 15) is 0 Å². The molecule has 3 nitrogen and oxygen atoms in total. The van der Waals surface area contributed by atoms with E-state index >= 15 is 0 Å². The second-order valence-corrected chi connectivity index (χ2v) is 2.66. The fourth-order valence-electron chi connectivity index (χ4n) is 1.01. The van der Waals surface area contributed by atoms with Gasteiger partial charge in [-0.15, -0.1) is 0 Å². The minimum Gasteiger partial charge on any atom is -0.387 e. The summed E-state index contributed by atoms with van der Waals surface area (Å²) in [5.74, 6) is 0.560. The highest BCUT2D eigenvalue weighted by molar-refractivity contribution is 5.84. The molecule has 0 radical (unpaired) electrons. The van der Waals surface area contributed by atoms with Crippen LogP contribution in [0.4, 0.5) is 0 Å². The highest BCUT2D eigenvalue weighted by Gasteiger charge is 1.96. The smallest absolute Gasteiger partial charge is 0.0965 e. The third-order valence-electron chi connectivity index (χ3n) is 1.55. The Morgan fingerprint density at radius 2 is 2.08 bits per heavy atom. The van der Waals surface area contributed by atoms with E-state index in [1.807, 2.05) is 25.1 Å². The molecule has 1 rings (SSSR count). The van der Waals surface area contributed by atoms with Crippen molar-refractivity contribution >= 4 is 11.5 Å². The van der Waals surface area contributed by atoms with Crippen LogP contribution >= 0.6 is 0 Å². The quantitative estimate of drug-likeness (QED) is 0.550. The minimum atomic E-state index is 0.560. The van der Waals surface area contributed by atoms with Crippen LogP contribution < -0.4 is 5.73 Å². The molecule has 1 aromatic heterocycles. The number of aliphatic imine (C=N–C) groups is 1. The number of rotatable bonds is 2. The SMILES string of the molecule is C/C=C(\N=C(C)N)c1ccncc1. The van der Waals surface area contributed by atoms with E-state index in [0.717, 1.165) is 11.3 Å². The zero-order valence-electron chi connectivity index (χ0n) is 7.86. The Morgan fingerprint density at radius 3 is 2.54 bits per heavy atom. The third kappa shape index (κ3) is 2.71. The van der Waals surface area contributed by atoms with Crippen LogP contribution in [0.25, 0.3) is 5.70 Å². The summed E-state index contributed by atoms with van der Waals surface area (Å²) in [5.41, 5.74) is 7.41. The van der Waals surface area contributed by atoms with Crippen LogP contribution in [0, 0.1) is 0 Å². The van der Waals surface area contributed by atoms with Crippen molar-refractivity contribution < 1.29 is 0 Å². The second-order valence-electron chi connectivity index (χ2n) is 2.66. The largest absolute Gasteiger partial charge is 0.387 e. The van der Waals surface area contributed by atoms with Gasteiger partial charge in [-0.1, -0.05) is 6.08 Å². The number of aromatic nitrogens is 1. The number of hydrogen-bond acceptors (Lipinski definition) is 2. The van der Waals surface area contributed by atoms with Gasteiger partial charge in [0.15, 0.2) is 0 Å². The monoisotopic (exact) mass is 175 g/mol. The van der Waals surface area contributed by atoms with Crippen LogP contribution in [0.3, 0.4) is 0 Å². The van der Waals surface area contributed by atoms with E-state index in [1.54, 1.807) is 19.3 Å². The molecule has 0 saturated carbocycles. The number of pyridine rings is 1. The van der Waals surface area contributed by atoms with E-state index in [0.29, 0.717) is 5.84 Å². The van der Waals surface area contributed by atoms with Crippen LogP contribution in [-0.2, 0) is 0 Å².